The number of sulfonamides is 1. The summed E-state index contributed by atoms with van der Waals surface area (Å²) in [4.78, 5) is 13.5. The number of hydrogen-bond donors (Lipinski definition) is 4. The predicted molar refractivity (Wildman–Crippen MR) is 167 cm³/mol. The quantitative estimate of drug-likeness (QED) is 0.148. The molecule has 3 aromatic carbocycles. The zero-order valence-corrected chi connectivity index (χ0v) is 25.5. The second-order valence-electron chi connectivity index (χ2n) is 11.5. The van der Waals surface area contributed by atoms with Crippen molar-refractivity contribution in [2.45, 2.75) is 63.9 Å². The van der Waals surface area contributed by atoms with E-state index in [2.05, 4.69) is 48.7 Å². The lowest BCUT2D eigenvalue weighted by Crippen LogP contribution is -2.47. The molecule has 9 heteroatoms. The number of anilines is 1. The van der Waals surface area contributed by atoms with Gasteiger partial charge in [0, 0.05) is 24.8 Å². The SMILES string of the molecule is CC(C)CN[C@@H](Cc1cccc2ccccc12)C(=O)NCCC[C@@H](CO)N(CC(C)C)S(=O)(=O)c1ccc(N)cc1. The Morgan fingerprint density at radius 1 is 0.951 bits per heavy atom. The summed E-state index contributed by atoms with van der Waals surface area (Å²) in [5.41, 5.74) is 7.34. The molecule has 0 aromatic heterocycles. The summed E-state index contributed by atoms with van der Waals surface area (Å²) < 4.78 is 28.4. The van der Waals surface area contributed by atoms with Gasteiger partial charge in [0.05, 0.1) is 17.5 Å². The molecule has 3 rings (SSSR count). The third-order valence-corrected chi connectivity index (χ3v) is 8.99. The molecule has 0 saturated heterocycles. The van der Waals surface area contributed by atoms with Gasteiger partial charge >= 0.3 is 0 Å². The van der Waals surface area contributed by atoms with Crippen LogP contribution in [0, 0.1) is 11.8 Å². The third-order valence-electron chi connectivity index (χ3n) is 7.06. The van der Waals surface area contributed by atoms with Crippen molar-refractivity contribution < 1.29 is 18.3 Å². The Balaban J connectivity index is 1.66. The van der Waals surface area contributed by atoms with E-state index in [1.165, 1.54) is 16.4 Å². The Morgan fingerprint density at radius 3 is 2.29 bits per heavy atom. The molecule has 41 heavy (non-hydrogen) atoms. The van der Waals surface area contributed by atoms with Gasteiger partial charge in [0.2, 0.25) is 15.9 Å². The summed E-state index contributed by atoms with van der Waals surface area (Å²) in [6.07, 6.45) is 1.49. The summed E-state index contributed by atoms with van der Waals surface area (Å²) in [6.45, 7) is 9.16. The highest BCUT2D eigenvalue weighted by molar-refractivity contribution is 7.89. The minimum Gasteiger partial charge on any atom is -0.399 e. The van der Waals surface area contributed by atoms with Crippen molar-refractivity contribution in [2.24, 2.45) is 11.8 Å². The van der Waals surface area contributed by atoms with Crippen LogP contribution in [-0.4, -0.2) is 62.1 Å². The molecule has 0 radical (unpaired) electrons. The van der Waals surface area contributed by atoms with E-state index in [1.807, 2.05) is 32.0 Å². The first kappa shape index (κ1) is 32.5. The molecule has 1 amide bonds. The zero-order chi connectivity index (χ0) is 30.0. The van der Waals surface area contributed by atoms with E-state index in [-0.39, 0.29) is 29.9 Å². The van der Waals surface area contributed by atoms with Gasteiger partial charge in [0.1, 0.15) is 0 Å². The van der Waals surface area contributed by atoms with Gasteiger partial charge in [-0.05, 0) is 78.2 Å². The Morgan fingerprint density at radius 2 is 1.63 bits per heavy atom. The summed E-state index contributed by atoms with van der Waals surface area (Å²) in [5.74, 6) is 0.361. The molecular weight excluding hydrogens is 536 g/mol. The molecule has 0 saturated carbocycles. The number of amides is 1. The fourth-order valence-corrected chi connectivity index (χ4v) is 6.71. The standard InChI is InChI=1S/C32H46N4O4S/c1-23(2)20-35-31(19-26-11-7-10-25-9-5-6-13-30(25)26)32(38)34-18-8-12-28(22-37)36(21-24(3)4)41(39,40)29-16-14-27(33)15-17-29/h5-7,9-11,13-17,23-24,28,31,35,37H,8,12,18-22,33H2,1-4H3,(H,34,38)/t28-,31-/m0/s1. The molecular formula is C32H46N4O4S. The first-order valence-electron chi connectivity index (χ1n) is 14.5. The molecule has 0 fully saturated rings. The fraction of sp³-hybridized carbons (Fsp3) is 0.469. The highest BCUT2D eigenvalue weighted by atomic mass is 32.2. The van der Waals surface area contributed by atoms with Crippen LogP contribution in [0.15, 0.2) is 71.6 Å². The molecule has 224 valence electrons. The Kier molecular flexibility index (Phi) is 12.1. The second kappa shape index (κ2) is 15.3. The number of hydrogen-bond acceptors (Lipinski definition) is 6. The van der Waals surface area contributed by atoms with Crippen LogP contribution in [0.25, 0.3) is 10.8 Å². The number of rotatable bonds is 16. The molecule has 0 heterocycles. The van der Waals surface area contributed by atoms with Crippen molar-refractivity contribution in [3.63, 3.8) is 0 Å². The van der Waals surface area contributed by atoms with Crippen molar-refractivity contribution in [1.29, 1.82) is 0 Å². The number of aliphatic hydroxyl groups is 1. The van der Waals surface area contributed by atoms with Crippen molar-refractivity contribution >= 4 is 32.4 Å². The number of carbonyl (C=O) groups is 1. The average Bonchev–Trinajstić information content (AvgIpc) is 2.94. The van der Waals surface area contributed by atoms with E-state index in [1.54, 1.807) is 12.1 Å². The lowest BCUT2D eigenvalue weighted by molar-refractivity contribution is -0.123. The second-order valence-corrected chi connectivity index (χ2v) is 13.4. The van der Waals surface area contributed by atoms with Crippen LogP contribution in [-0.2, 0) is 21.2 Å². The molecule has 0 bridgehead atoms. The first-order valence-corrected chi connectivity index (χ1v) is 15.9. The highest BCUT2D eigenvalue weighted by Crippen LogP contribution is 2.23. The number of carbonyl (C=O) groups excluding carboxylic acids is 1. The first-order chi connectivity index (χ1) is 19.5. The van der Waals surface area contributed by atoms with Crippen molar-refractivity contribution in [1.82, 2.24) is 14.9 Å². The van der Waals surface area contributed by atoms with E-state index in [4.69, 9.17) is 5.73 Å². The number of aliphatic hydroxyl groups excluding tert-OH is 1. The molecule has 0 spiro atoms. The summed E-state index contributed by atoms with van der Waals surface area (Å²) in [6, 6.07) is 19.4. The van der Waals surface area contributed by atoms with E-state index in [9.17, 15) is 18.3 Å². The zero-order valence-electron chi connectivity index (χ0n) is 24.7. The number of fused-ring (bicyclic) bond motifs is 1. The Bertz CT molecular complexity index is 1350. The largest absolute Gasteiger partial charge is 0.399 e. The number of nitrogens with two attached hydrogens (primary N) is 1. The van der Waals surface area contributed by atoms with Gasteiger partial charge in [0.25, 0.3) is 0 Å². The smallest absolute Gasteiger partial charge is 0.243 e. The van der Waals surface area contributed by atoms with Gasteiger partial charge < -0.3 is 21.5 Å². The minimum atomic E-state index is -3.84. The lowest BCUT2D eigenvalue weighted by Gasteiger charge is -2.31. The molecule has 2 atom stereocenters. The number of benzene rings is 3. The highest BCUT2D eigenvalue weighted by Gasteiger charge is 2.31. The molecule has 5 N–H and O–H groups in total. The number of nitrogens with zero attached hydrogens (tertiary/aromatic N) is 1. The molecule has 0 aliphatic heterocycles. The monoisotopic (exact) mass is 582 g/mol. The number of nitrogens with one attached hydrogen (secondary N) is 2. The normalized spacial score (nSPS) is 13.7. The van der Waals surface area contributed by atoms with Gasteiger partial charge in [-0.15, -0.1) is 0 Å². The van der Waals surface area contributed by atoms with Crippen LogP contribution < -0.4 is 16.4 Å². The molecule has 8 nitrogen and oxygen atoms in total. The number of nitrogen functional groups attached to an aromatic ring is 1. The third kappa shape index (κ3) is 9.26. The van der Waals surface area contributed by atoms with Gasteiger partial charge in [-0.3, -0.25) is 4.79 Å². The van der Waals surface area contributed by atoms with Crippen molar-refractivity contribution in [3.05, 3.63) is 72.3 Å². The summed E-state index contributed by atoms with van der Waals surface area (Å²) >= 11 is 0. The summed E-state index contributed by atoms with van der Waals surface area (Å²) in [7, 11) is -3.84. The van der Waals surface area contributed by atoms with Crippen LogP contribution in [0.5, 0.6) is 0 Å². The lowest BCUT2D eigenvalue weighted by atomic mass is 9.98. The molecule has 0 unspecified atom stereocenters. The van der Waals surface area contributed by atoms with Crippen molar-refractivity contribution in [2.75, 3.05) is 32.0 Å². The van der Waals surface area contributed by atoms with Gasteiger partial charge in [-0.25, -0.2) is 8.42 Å². The van der Waals surface area contributed by atoms with E-state index in [0.717, 1.165) is 16.3 Å². The van der Waals surface area contributed by atoms with E-state index >= 15 is 0 Å². The maximum Gasteiger partial charge on any atom is 0.243 e. The molecule has 0 aliphatic rings. The van der Waals surface area contributed by atoms with E-state index < -0.39 is 22.1 Å². The van der Waals surface area contributed by atoms with Gasteiger partial charge in [-0.1, -0.05) is 70.2 Å². The topological polar surface area (TPSA) is 125 Å². The Hall–Kier alpha value is -2.98. The van der Waals surface area contributed by atoms with Crippen LogP contribution in [0.3, 0.4) is 0 Å². The molecule has 0 aliphatic carbocycles. The van der Waals surface area contributed by atoms with Gasteiger partial charge in [0.15, 0.2) is 0 Å². The Labute approximate surface area is 245 Å². The molecule has 3 aromatic rings. The van der Waals surface area contributed by atoms with Crippen LogP contribution in [0.1, 0.15) is 46.1 Å². The summed E-state index contributed by atoms with van der Waals surface area (Å²) in [5, 5.41) is 19.0. The maximum absolute atomic E-state index is 13.5. The average molecular weight is 583 g/mol. The van der Waals surface area contributed by atoms with Gasteiger partial charge in [-0.2, -0.15) is 4.31 Å². The van der Waals surface area contributed by atoms with Crippen LogP contribution in [0.2, 0.25) is 0 Å². The fourth-order valence-electron chi connectivity index (χ4n) is 4.90. The predicted octanol–water partition coefficient (Wildman–Crippen LogP) is 4.18. The van der Waals surface area contributed by atoms with Crippen LogP contribution in [0.4, 0.5) is 5.69 Å². The maximum atomic E-state index is 13.5. The minimum absolute atomic E-state index is 0.0640. The van der Waals surface area contributed by atoms with E-state index in [0.29, 0.717) is 44.0 Å². The van der Waals surface area contributed by atoms with Crippen LogP contribution >= 0.6 is 0 Å². The van der Waals surface area contributed by atoms with Crippen molar-refractivity contribution in [3.8, 4) is 0 Å².